The Morgan fingerprint density at radius 2 is 2.22 bits per heavy atom. The molecule has 5 heteroatoms. The van der Waals surface area contributed by atoms with Gasteiger partial charge in [0.2, 0.25) is 0 Å². The van der Waals surface area contributed by atoms with Crippen LogP contribution in [-0.2, 0) is 19.6 Å². The van der Waals surface area contributed by atoms with Crippen molar-refractivity contribution < 1.29 is 0 Å². The van der Waals surface area contributed by atoms with Crippen LogP contribution in [0.25, 0.3) is 0 Å². The number of aromatic nitrogens is 2. The molecule has 0 fully saturated rings. The number of hydrogen-bond donors (Lipinski definition) is 1. The molecule has 0 bridgehead atoms. The third-order valence-electron chi connectivity index (χ3n) is 3.44. The molecule has 2 heterocycles. The zero-order valence-electron chi connectivity index (χ0n) is 11.3. The molecular formula is C13H22N4O. The molecule has 0 radical (unpaired) electrons. The Hall–Kier alpha value is -1.20. The van der Waals surface area contributed by atoms with E-state index in [2.05, 4.69) is 29.0 Å². The maximum atomic E-state index is 12.1. The molecule has 18 heavy (non-hydrogen) atoms. The lowest BCUT2D eigenvalue weighted by Gasteiger charge is -2.18. The van der Waals surface area contributed by atoms with E-state index in [1.165, 1.54) is 0 Å². The largest absolute Gasteiger partial charge is 0.310 e. The molecule has 0 saturated heterocycles. The van der Waals surface area contributed by atoms with Gasteiger partial charge in [-0.15, -0.1) is 0 Å². The molecule has 0 amide bonds. The van der Waals surface area contributed by atoms with Gasteiger partial charge in [0.05, 0.1) is 12.2 Å². The molecule has 0 saturated carbocycles. The number of hydrogen-bond acceptors (Lipinski definition) is 4. The van der Waals surface area contributed by atoms with E-state index >= 15 is 0 Å². The summed E-state index contributed by atoms with van der Waals surface area (Å²) in [5, 5.41) is 3.30. The van der Waals surface area contributed by atoms with Crippen molar-refractivity contribution >= 4 is 0 Å². The van der Waals surface area contributed by atoms with Crippen LogP contribution in [0, 0.1) is 0 Å². The molecule has 0 aliphatic carbocycles. The summed E-state index contributed by atoms with van der Waals surface area (Å²) in [7, 11) is 0. The van der Waals surface area contributed by atoms with E-state index in [0.717, 1.165) is 50.7 Å². The quantitative estimate of drug-likeness (QED) is 0.849. The highest BCUT2D eigenvalue weighted by atomic mass is 16.1. The lowest BCUT2D eigenvalue weighted by Crippen LogP contribution is -2.29. The van der Waals surface area contributed by atoms with Crippen LogP contribution in [0.2, 0.25) is 0 Å². The molecular weight excluding hydrogens is 228 g/mol. The standard InChI is InChI=1S/C13H22N4O/c1-3-16(4-2)10-11-8-13(18)17-7-5-6-14-9-12(17)15-11/h8,14H,3-7,9-10H2,1-2H3. The predicted octanol–water partition coefficient (Wildman–Crippen LogP) is 0.578. The Morgan fingerprint density at radius 1 is 1.44 bits per heavy atom. The van der Waals surface area contributed by atoms with Gasteiger partial charge < -0.3 is 5.32 Å². The minimum atomic E-state index is 0.0888. The lowest BCUT2D eigenvalue weighted by molar-refractivity contribution is 0.291. The van der Waals surface area contributed by atoms with E-state index in [9.17, 15) is 4.79 Å². The second kappa shape index (κ2) is 6.11. The fraction of sp³-hybridized carbons (Fsp3) is 0.692. The van der Waals surface area contributed by atoms with E-state index in [1.807, 2.05) is 0 Å². The van der Waals surface area contributed by atoms with Crippen molar-refractivity contribution in [1.82, 2.24) is 19.8 Å². The average molecular weight is 250 g/mol. The van der Waals surface area contributed by atoms with Gasteiger partial charge in [-0.2, -0.15) is 0 Å². The molecule has 0 spiro atoms. The van der Waals surface area contributed by atoms with Crippen molar-refractivity contribution in [1.29, 1.82) is 0 Å². The smallest absolute Gasteiger partial charge is 0.253 e. The molecule has 2 rings (SSSR count). The van der Waals surface area contributed by atoms with Gasteiger partial charge in [0.1, 0.15) is 5.82 Å². The van der Waals surface area contributed by atoms with E-state index in [0.29, 0.717) is 6.54 Å². The normalized spacial score (nSPS) is 15.5. The minimum absolute atomic E-state index is 0.0888. The summed E-state index contributed by atoms with van der Waals surface area (Å²) in [6.45, 7) is 9.40. The van der Waals surface area contributed by atoms with Gasteiger partial charge in [0.25, 0.3) is 5.56 Å². The number of nitrogens with zero attached hydrogens (tertiary/aromatic N) is 3. The Bertz CT molecular complexity index is 451. The van der Waals surface area contributed by atoms with Crippen LogP contribution < -0.4 is 10.9 Å². The minimum Gasteiger partial charge on any atom is -0.310 e. The van der Waals surface area contributed by atoms with Gasteiger partial charge in [0, 0.05) is 19.2 Å². The molecule has 1 N–H and O–H groups in total. The van der Waals surface area contributed by atoms with E-state index < -0.39 is 0 Å². The van der Waals surface area contributed by atoms with Crippen LogP contribution in [0.5, 0.6) is 0 Å². The first kappa shape index (κ1) is 13.2. The highest BCUT2D eigenvalue weighted by molar-refractivity contribution is 5.05. The van der Waals surface area contributed by atoms with Crippen LogP contribution >= 0.6 is 0 Å². The number of fused-ring (bicyclic) bond motifs is 1. The second-order valence-electron chi connectivity index (χ2n) is 4.65. The topological polar surface area (TPSA) is 50.2 Å². The van der Waals surface area contributed by atoms with E-state index in [4.69, 9.17) is 0 Å². The third-order valence-corrected chi connectivity index (χ3v) is 3.44. The maximum absolute atomic E-state index is 12.1. The zero-order valence-corrected chi connectivity index (χ0v) is 11.3. The first-order chi connectivity index (χ1) is 8.74. The predicted molar refractivity (Wildman–Crippen MR) is 71.4 cm³/mol. The molecule has 1 aromatic heterocycles. The molecule has 1 aliphatic heterocycles. The van der Waals surface area contributed by atoms with Gasteiger partial charge in [0.15, 0.2) is 0 Å². The van der Waals surface area contributed by atoms with Crippen molar-refractivity contribution in [2.75, 3.05) is 19.6 Å². The summed E-state index contributed by atoms with van der Waals surface area (Å²) in [5.74, 6) is 0.877. The molecule has 1 aliphatic rings. The third kappa shape index (κ3) is 2.97. The second-order valence-corrected chi connectivity index (χ2v) is 4.65. The molecule has 0 atom stereocenters. The van der Waals surface area contributed by atoms with Crippen LogP contribution in [0.4, 0.5) is 0 Å². The van der Waals surface area contributed by atoms with Crippen molar-refractivity contribution in [2.24, 2.45) is 0 Å². The van der Waals surface area contributed by atoms with Gasteiger partial charge >= 0.3 is 0 Å². The molecule has 5 nitrogen and oxygen atoms in total. The van der Waals surface area contributed by atoms with E-state index in [1.54, 1.807) is 10.6 Å². The first-order valence-electron chi connectivity index (χ1n) is 6.77. The maximum Gasteiger partial charge on any atom is 0.253 e. The van der Waals surface area contributed by atoms with Gasteiger partial charge in [-0.3, -0.25) is 14.3 Å². The zero-order chi connectivity index (χ0) is 13.0. The van der Waals surface area contributed by atoms with Crippen molar-refractivity contribution in [3.05, 3.63) is 27.9 Å². The van der Waals surface area contributed by atoms with Crippen molar-refractivity contribution in [2.45, 2.75) is 39.9 Å². The highest BCUT2D eigenvalue weighted by Gasteiger charge is 2.12. The van der Waals surface area contributed by atoms with Crippen LogP contribution in [0.3, 0.4) is 0 Å². The molecule has 1 aromatic rings. The summed E-state index contributed by atoms with van der Waals surface area (Å²) >= 11 is 0. The molecule has 100 valence electrons. The Morgan fingerprint density at radius 3 is 2.94 bits per heavy atom. The summed E-state index contributed by atoms with van der Waals surface area (Å²) in [5.41, 5.74) is 0.976. The van der Waals surface area contributed by atoms with Gasteiger partial charge in [-0.05, 0) is 26.1 Å². The monoisotopic (exact) mass is 250 g/mol. The molecule has 0 aromatic carbocycles. The SMILES string of the molecule is CCN(CC)Cc1cc(=O)n2c(n1)CNCCC2. The Balaban J connectivity index is 2.26. The van der Waals surface area contributed by atoms with Gasteiger partial charge in [-0.25, -0.2) is 4.98 Å². The van der Waals surface area contributed by atoms with Crippen molar-refractivity contribution in [3.8, 4) is 0 Å². The summed E-state index contributed by atoms with van der Waals surface area (Å²) in [6.07, 6.45) is 0.990. The van der Waals surface area contributed by atoms with E-state index in [-0.39, 0.29) is 5.56 Å². The first-order valence-corrected chi connectivity index (χ1v) is 6.77. The lowest BCUT2D eigenvalue weighted by atomic mass is 10.3. The summed E-state index contributed by atoms with van der Waals surface area (Å²) in [6, 6.07) is 1.69. The highest BCUT2D eigenvalue weighted by Crippen LogP contribution is 2.04. The van der Waals surface area contributed by atoms with Crippen LogP contribution in [-0.4, -0.2) is 34.1 Å². The number of nitrogens with one attached hydrogen (secondary N) is 1. The Labute approximate surface area is 108 Å². The van der Waals surface area contributed by atoms with Crippen LogP contribution in [0.15, 0.2) is 10.9 Å². The molecule has 0 unspecified atom stereocenters. The average Bonchev–Trinajstić information content (AvgIpc) is 2.61. The Kier molecular flexibility index (Phi) is 4.49. The van der Waals surface area contributed by atoms with Crippen LogP contribution in [0.1, 0.15) is 31.8 Å². The number of rotatable bonds is 4. The van der Waals surface area contributed by atoms with Gasteiger partial charge in [-0.1, -0.05) is 13.8 Å². The fourth-order valence-electron chi connectivity index (χ4n) is 2.30. The summed E-state index contributed by atoms with van der Waals surface area (Å²) < 4.78 is 1.80. The van der Waals surface area contributed by atoms with Crippen molar-refractivity contribution in [3.63, 3.8) is 0 Å². The fourth-order valence-corrected chi connectivity index (χ4v) is 2.30. The summed E-state index contributed by atoms with van der Waals surface area (Å²) in [4.78, 5) is 19.0.